The average Bonchev–Trinajstić information content (AvgIpc) is 1.65. The molecule has 706 valence electrons. The third-order valence-corrected chi connectivity index (χ3v) is 26.7. The van der Waals surface area contributed by atoms with Crippen molar-refractivity contribution in [2.24, 2.45) is 0 Å². The number of anilines is 4. The Hall–Kier alpha value is -13.8. The van der Waals surface area contributed by atoms with E-state index in [0.29, 0.717) is 74.4 Å². The molecule has 0 spiro atoms. The van der Waals surface area contributed by atoms with Gasteiger partial charge in [0.05, 0.1) is 96.1 Å². The zero-order valence-corrected chi connectivity index (χ0v) is 77.0. The molecule has 4 aliphatic carbocycles. The van der Waals surface area contributed by atoms with Crippen molar-refractivity contribution in [2.45, 2.75) is 179 Å². The molecule has 16 aromatic rings. The van der Waals surface area contributed by atoms with Crippen LogP contribution in [0, 0.1) is 29.3 Å². The van der Waals surface area contributed by atoms with Crippen LogP contribution in [0.5, 0.6) is 0 Å². The molecule has 16 heterocycles. The van der Waals surface area contributed by atoms with Gasteiger partial charge in [-0.25, -0.2) is 43.1 Å². The fourth-order valence-corrected chi connectivity index (χ4v) is 19.6. The zero-order valence-electron chi connectivity index (χ0n) is 73.7. The SMILES string of the molecule is CCOC1CCC(n2cc(NC(=O)c3csc(-c4cn[nH]c4)n3)c(-c3nc(F)ccc3F)n2)CC1.CCOC1CCC(n2cc(NC(=O)c3csc(-c4cn[nH]c4)n3)c(-c3nc(F)ccc3F)n2)CC1.CCOC1CCC(n2cc(NC(=O)c3csc(-c4cn[nH]c4)n3)c(-c3ncccc3F)n2)CC1.CCOC1CCC(n2cc(NC(=O)c3csc(-c4cn[nH]c4)n3)c(-c3nnco3)n2)CC1. The summed E-state index contributed by atoms with van der Waals surface area (Å²) in [5.41, 5.74) is 5.90. The van der Waals surface area contributed by atoms with Crippen molar-refractivity contribution >= 4 is 91.7 Å². The van der Waals surface area contributed by atoms with E-state index in [2.05, 4.69) is 128 Å². The van der Waals surface area contributed by atoms with Gasteiger partial charge in [0.1, 0.15) is 77.0 Å². The van der Waals surface area contributed by atoms with Gasteiger partial charge in [0.15, 0.2) is 23.1 Å². The number of aromatic nitrogens is 25. The van der Waals surface area contributed by atoms with Crippen LogP contribution >= 0.6 is 45.3 Å². The van der Waals surface area contributed by atoms with Gasteiger partial charge in [-0.3, -0.25) is 63.3 Å². The van der Waals surface area contributed by atoms with Gasteiger partial charge >= 0.3 is 0 Å². The number of halogens is 5. The Morgan fingerprint density at radius 1 is 0.382 bits per heavy atom. The van der Waals surface area contributed by atoms with Crippen molar-refractivity contribution < 1.29 is 64.5 Å². The summed E-state index contributed by atoms with van der Waals surface area (Å²) in [5, 5.41) is 73.2. The molecule has 0 aromatic carbocycles. The Morgan fingerprint density at radius 3 is 0.956 bits per heavy atom. The number of hydrogen-bond acceptors (Lipinski definition) is 30. The first-order valence-corrected chi connectivity index (χ1v) is 47.8. The summed E-state index contributed by atoms with van der Waals surface area (Å²) < 4.78 is 107. The molecule has 0 unspecified atom stereocenters. The predicted molar refractivity (Wildman–Crippen MR) is 494 cm³/mol. The zero-order chi connectivity index (χ0) is 94.1. The molecule has 0 aliphatic heterocycles. The molecule has 20 rings (SSSR count). The van der Waals surface area contributed by atoms with E-state index in [0.717, 1.165) is 156 Å². The molecule has 47 heteroatoms. The van der Waals surface area contributed by atoms with Gasteiger partial charge in [0.2, 0.25) is 18.3 Å². The van der Waals surface area contributed by atoms with Crippen molar-refractivity contribution in [3.63, 3.8) is 0 Å². The highest BCUT2D eigenvalue weighted by molar-refractivity contribution is 7.14. The quantitative estimate of drug-likeness (QED) is 0.0167. The number of amides is 4. The third kappa shape index (κ3) is 22.7. The molecule has 0 bridgehead atoms. The lowest BCUT2D eigenvalue weighted by molar-refractivity contribution is 0.0258. The first-order chi connectivity index (χ1) is 66.4. The highest BCUT2D eigenvalue weighted by Gasteiger charge is 2.34. The Balaban J connectivity index is 0.000000126. The maximum Gasteiger partial charge on any atom is 0.275 e. The number of pyridine rings is 3. The van der Waals surface area contributed by atoms with E-state index in [-0.39, 0.29) is 111 Å². The van der Waals surface area contributed by atoms with Gasteiger partial charge in [0.25, 0.3) is 29.5 Å². The molecule has 4 amide bonds. The van der Waals surface area contributed by atoms with Crippen LogP contribution in [0.2, 0.25) is 0 Å². The molecule has 4 fully saturated rings. The van der Waals surface area contributed by atoms with Crippen molar-refractivity contribution in [1.29, 1.82) is 0 Å². The maximum atomic E-state index is 14.6. The molecule has 38 nitrogen and oxygen atoms in total. The number of carbonyl (C=O) groups is 4. The molecular weight excluding hydrogens is 1840 g/mol. The topological polar surface area (TPSA) is 468 Å². The van der Waals surface area contributed by atoms with E-state index in [1.54, 1.807) is 99.0 Å². The molecular formula is C89H92F5N29O9S4. The Bertz CT molecular complexity index is 6420. The normalized spacial score (nSPS) is 18.2. The molecule has 136 heavy (non-hydrogen) atoms. The number of rotatable bonds is 28. The van der Waals surface area contributed by atoms with E-state index in [9.17, 15) is 41.1 Å². The lowest BCUT2D eigenvalue weighted by Crippen LogP contribution is -2.24. The number of nitrogens with zero attached hydrogens (tertiary/aromatic N) is 21. The number of ether oxygens (including phenoxy) is 4. The number of hydrogen-bond donors (Lipinski definition) is 8. The third-order valence-electron chi connectivity index (χ3n) is 23.1. The summed E-state index contributed by atoms with van der Waals surface area (Å²) in [6.07, 6.45) is 38.2. The van der Waals surface area contributed by atoms with E-state index in [1.165, 1.54) is 70.1 Å². The Labute approximate surface area is 788 Å². The van der Waals surface area contributed by atoms with Gasteiger partial charge in [-0.15, -0.1) is 55.5 Å². The van der Waals surface area contributed by atoms with Crippen LogP contribution in [0.25, 0.3) is 88.0 Å². The second-order valence-corrected chi connectivity index (χ2v) is 35.4. The van der Waals surface area contributed by atoms with Crippen molar-refractivity contribution in [3.05, 3.63) is 197 Å². The van der Waals surface area contributed by atoms with E-state index < -0.39 is 47.1 Å². The minimum absolute atomic E-state index is 0.0414. The lowest BCUT2D eigenvalue weighted by Gasteiger charge is -2.28. The predicted octanol–water partition coefficient (Wildman–Crippen LogP) is 17.9. The van der Waals surface area contributed by atoms with Crippen LogP contribution in [0.4, 0.5) is 44.7 Å². The molecule has 0 atom stereocenters. The van der Waals surface area contributed by atoms with Gasteiger partial charge in [-0.2, -0.15) is 49.6 Å². The summed E-state index contributed by atoms with van der Waals surface area (Å²) >= 11 is 5.31. The summed E-state index contributed by atoms with van der Waals surface area (Å²) in [7, 11) is 0. The highest BCUT2D eigenvalue weighted by atomic mass is 32.1. The number of H-pyrrole nitrogens is 4. The second kappa shape index (κ2) is 44.1. The Kier molecular flexibility index (Phi) is 30.5. The van der Waals surface area contributed by atoms with E-state index in [1.807, 2.05) is 43.3 Å². The average molecular weight is 1940 g/mol. The largest absolute Gasteiger partial charge is 0.422 e. The second-order valence-electron chi connectivity index (χ2n) is 32.0. The van der Waals surface area contributed by atoms with Crippen LogP contribution in [-0.4, -0.2) is 199 Å². The van der Waals surface area contributed by atoms with Gasteiger partial charge in [-0.1, -0.05) is 0 Å². The molecule has 0 saturated heterocycles. The molecule has 0 radical (unpaired) electrons. The number of nitrogens with one attached hydrogen (secondary N) is 8. The molecule has 4 saturated carbocycles. The standard InChI is InChI=1S/2C23H23F2N7O2S.C23H24FN7O2S.C20H22N8O3S/c2*1-2-34-15-5-3-14(4-6-15)32-11-17(21(31-32)20-16(24)7-8-19(25)30-20)28-22(33)18-12-35-23(29-18)13-9-26-27-10-13;1-2-33-16-7-5-15(6-8-16)31-12-18(21(30-31)20-17(24)4-3-9-25-20)28-22(32)19-13-34-23(29-19)14-10-26-27-11-14;1-2-30-14-5-3-13(4-6-14)28-9-15(17(27-28)19-26-23-11-31-19)24-18(29)16-10-32-20(25-16)12-7-21-22-8-12/h2*7-12,14-15H,2-6H2,1H3,(H,26,27)(H,28,33);3-4,9-13,15-16H,2,5-8H2,1H3,(H,26,27)(H,28,32);7-11,13-14H,2-6H2,1H3,(H,21,22)(H,24,29). The minimum Gasteiger partial charge on any atom is -0.422 e. The number of aromatic amines is 4. The fraction of sp³-hybridized carbons (Fsp3) is 0.360. The summed E-state index contributed by atoms with van der Waals surface area (Å²) in [4.78, 5) is 81.0. The summed E-state index contributed by atoms with van der Waals surface area (Å²) in [6.45, 7) is 10.7. The van der Waals surface area contributed by atoms with Crippen molar-refractivity contribution in [1.82, 2.24) is 125 Å². The summed E-state index contributed by atoms with van der Waals surface area (Å²) in [5.74, 6) is -5.11. The van der Waals surface area contributed by atoms with Crippen molar-refractivity contribution in [2.75, 3.05) is 47.7 Å². The van der Waals surface area contributed by atoms with Crippen LogP contribution in [0.3, 0.4) is 0 Å². The van der Waals surface area contributed by atoms with Crippen LogP contribution in [0.1, 0.15) is 197 Å². The number of thiazole rings is 4. The van der Waals surface area contributed by atoms with E-state index >= 15 is 0 Å². The highest BCUT2D eigenvalue weighted by Crippen LogP contribution is 2.42. The fourth-order valence-electron chi connectivity index (χ4n) is 16.5. The van der Waals surface area contributed by atoms with Crippen LogP contribution in [-0.2, 0) is 18.9 Å². The smallest absolute Gasteiger partial charge is 0.275 e. The number of carbonyl (C=O) groups excluding carboxylic acids is 4. The lowest BCUT2D eigenvalue weighted by atomic mass is 9.93. The maximum absolute atomic E-state index is 14.6. The summed E-state index contributed by atoms with van der Waals surface area (Å²) in [6, 6.07) is 7.16. The minimum atomic E-state index is -0.838. The monoisotopic (exact) mass is 1930 g/mol. The molecule has 16 aromatic heterocycles. The first-order valence-electron chi connectivity index (χ1n) is 44.3. The molecule has 4 aliphatic rings. The Morgan fingerprint density at radius 2 is 0.676 bits per heavy atom. The molecule has 8 N–H and O–H groups in total. The first kappa shape index (κ1) is 93.9. The van der Waals surface area contributed by atoms with E-state index in [4.69, 9.17) is 23.4 Å². The van der Waals surface area contributed by atoms with Gasteiger partial charge in [0, 0.05) is 126 Å². The van der Waals surface area contributed by atoms with Gasteiger partial charge in [-0.05, 0) is 167 Å². The van der Waals surface area contributed by atoms with Crippen molar-refractivity contribution in [3.8, 4) is 88.0 Å². The van der Waals surface area contributed by atoms with Gasteiger partial charge < -0.3 is 44.6 Å². The van der Waals surface area contributed by atoms with Crippen LogP contribution in [0.15, 0.2) is 149 Å². The van der Waals surface area contributed by atoms with Crippen LogP contribution < -0.4 is 21.3 Å².